The monoisotopic (exact) mass is 559 g/mol. The standard InChI is InChI=1S/C25H37NO13/c1-8-9-10-11-35-25(24(32)33-7)12-19(36-16(4)29)21(26-14(2)27)23(39-25)22(38-18(6)31)20(37-17(5)30)13-34-15(3)28/h8,19-23H,1,9-13H2,2-7H3,(H,26,27)/t19-,20+,21+,22+,23+,25+/m0/s1. The van der Waals surface area contributed by atoms with E-state index in [0.717, 1.165) is 34.8 Å². The van der Waals surface area contributed by atoms with Gasteiger partial charge < -0.3 is 38.5 Å². The maximum absolute atomic E-state index is 13.1. The molecule has 0 aliphatic carbocycles. The number of rotatable bonds is 14. The number of carbonyl (C=O) groups excluding carboxylic acids is 6. The van der Waals surface area contributed by atoms with Crippen LogP contribution in [0.25, 0.3) is 0 Å². The first-order chi connectivity index (χ1) is 18.3. The molecule has 0 aromatic heterocycles. The summed E-state index contributed by atoms with van der Waals surface area (Å²) in [6.45, 7) is 8.56. The predicted octanol–water partition coefficient (Wildman–Crippen LogP) is 0.490. The minimum atomic E-state index is -2.20. The predicted molar refractivity (Wildman–Crippen MR) is 131 cm³/mol. The Hall–Kier alpha value is -3.52. The number of hydrogen-bond donors (Lipinski definition) is 1. The molecule has 39 heavy (non-hydrogen) atoms. The van der Waals surface area contributed by atoms with Crippen LogP contribution in [0.4, 0.5) is 0 Å². The molecule has 14 nitrogen and oxygen atoms in total. The van der Waals surface area contributed by atoms with Crippen molar-refractivity contribution in [2.45, 2.75) is 90.1 Å². The molecule has 1 saturated heterocycles. The van der Waals surface area contributed by atoms with Gasteiger partial charge in [0.2, 0.25) is 5.91 Å². The zero-order valence-corrected chi connectivity index (χ0v) is 23.0. The molecule has 1 fully saturated rings. The Labute approximate surface area is 226 Å². The van der Waals surface area contributed by atoms with E-state index < -0.39 is 85.0 Å². The number of hydrogen-bond acceptors (Lipinski definition) is 13. The van der Waals surface area contributed by atoms with Gasteiger partial charge in [0.15, 0.2) is 12.2 Å². The SMILES string of the molecule is C=CCCCO[C@]1(C(=O)OC)C[C@H](OC(C)=O)[C@@H](NC(C)=O)[C@H]([C@H](OC(C)=O)[C@@H](COC(C)=O)OC(C)=O)O1. The smallest absolute Gasteiger partial charge is 0.366 e. The van der Waals surface area contributed by atoms with E-state index >= 15 is 0 Å². The van der Waals surface area contributed by atoms with Crippen molar-refractivity contribution in [3.63, 3.8) is 0 Å². The summed E-state index contributed by atoms with van der Waals surface area (Å²) in [5.74, 6) is -6.98. The van der Waals surface area contributed by atoms with Crippen molar-refractivity contribution in [2.75, 3.05) is 20.3 Å². The lowest BCUT2D eigenvalue weighted by molar-refractivity contribution is -0.314. The van der Waals surface area contributed by atoms with Gasteiger partial charge in [0.1, 0.15) is 18.8 Å². The lowest BCUT2D eigenvalue weighted by Crippen LogP contribution is -2.69. The zero-order chi connectivity index (χ0) is 29.8. The first-order valence-electron chi connectivity index (χ1n) is 12.2. The van der Waals surface area contributed by atoms with Crippen LogP contribution in [-0.2, 0) is 61.9 Å². The van der Waals surface area contributed by atoms with Crippen LogP contribution in [0.5, 0.6) is 0 Å². The van der Waals surface area contributed by atoms with Crippen LogP contribution in [-0.4, -0.2) is 92.3 Å². The Morgan fingerprint density at radius 2 is 1.64 bits per heavy atom. The number of methoxy groups -OCH3 is 1. The summed E-state index contributed by atoms with van der Waals surface area (Å²) in [5, 5.41) is 2.58. The van der Waals surface area contributed by atoms with Gasteiger partial charge in [-0.15, -0.1) is 6.58 Å². The van der Waals surface area contributed by atoms with Crippen molar-refractivity contribution in [1.82, 2.24) is 5.32 Å². The Kier molecular flexibility index (Phi) is 13.6. The maximum Gasteiger partial charge on any atom is 0.366 e. The van der Waals surface area contributed by atoms with Crippen LogP contribution in [0.2, 0.25) is 0 Å². The van der Waals surface area contributed by atoms with Crippen LogP contribution in [0.3, 0.4) is 0 Å². The molecule has 14 heteroatoms. The normalized spacial score (nSPS) is 23.8. The van der Waals surface area contributed by atoms with Crippen LogP contribution in [0, 0.1) is 0 Å². The molecule has 0 unspecified atom stereocenters. The molecule has 1 rings (SSSR count). The van der Waals surface area contributed by atoms with Crippen molar-refractivity contribution in [3.8, 4) is 0 Å². The Bertz CT molecular complexity index is 920. The van der Waals surface area contributed by atoms with E-state index in [9.17, 15) is 28.8 Å². The Morgan fingerprint density at radius 1 is 1.00 bits per heavy atom. The number of amides is 1. The molecular formula is C25H37NO13. The second kappa shape index (κ2) is 15.8. The minimum absolute atomic E-state index is 0.0233. The van der Waals surface area contributed by atoms with E-state index in [4.69, 9.17) is 33.2 Å². The van der Waals surface area contributed by atoms with Gasteiger partial charge in [-0.05, 0) is 12.8 Å². The molecule has 1 aliphatic heterocycles. The quantitative estimate of drug-likeness (QED) is 0.135. The minimum Gasteiger partial charge on any atom is -0.465 e. The summed E-state index contributed by atoms with van der Waals surface area (Å²) in [7, 11) is 1.09. The molecule has 0 saturated carbocycles. The summed E-state index contributed by atoms with van der Waals surface area (Å²) in [4.78, 5) is 73.0. The topological polar surface area (TPSA) is 179 Å². The number of allylic oxidation sites excluding steroid dienone is 1. The number of esters is 5. The molecular weight excluding hydrogens is 522 g/mol. The average molecular weight is 560 g/mol. The fourth-order valence-corrected chi connectivity index (χ4v) is 4.01. The van der Waals surface area contributed by atoms with Crippen molar-refractivity contribution >= 4 is 35.8 Å². The van der Waals surface area contributed by atoms with Crippen molar-refractivity contribution in [2.24, 2.45) is 0 Å². The van der Waals surface area contributed by atoms with Gasteiger partial charge in [-0.2, -0.15) is 0 Å². The van der Waals surface area contributed by atoms with Gasteiger partial charge in [0.25, 0.3) is 5.79 Å². The molecule has 1 heterocycles. The number of ether oxygens (including phenoxy) is 7. The van der Waals surface area contributed by atoms with Gasteiger partial charge in [0, 0.05) is 34.6 Å². The molecule has 1 aliphatic rings. The molecule has 1 N–H and O–H groups in total. The van der Waals surface area contributed by atoms with Crippen molar-refractivity contribution in [1.29, 1.82) is 0 Å². The molecule has 0 aromatic rings. The van der Waals surface area contributed by atoms with E-state index in [1.807, 2.05) is 0 Å². The summed E-state index contributed by atoms with van der Waals surface area (Å²) in [5.41, 5.74) is 0. The van der Waals surface area contributed by atoms with E-state index in [2.05, 4.69) is 11.9 Å². The fraction of sp³-hybridized carbons (Fsp3) is 0.680. The highest BCUT2D eigenvalue weighted by atomic mass is 16.7. The maximum atomic E-state index is 13.1. The van der Waals surface area contributed by atoms with Gasteiger partial charge in [-0.25, -0.2) is 4.79 Å². The first kappa shape index (κ1) is 33.5. The first-order valence-corrected chi connectivity index (χ1v) is 12.2. The van der Waals surface area contributed by atoms with E-state index in [1.54, 1.807) is 6.08 Å². The number of carbonyl (C=O) groups is 6. The highest BCUT2D eigenvalue weighted by molar-refractivity contribution is 5.79. The molecule has 0 bridgehead atoms. The summed E-state index contributed by atoms with van der Waals surface area (Å²) in [6, 6.07) is -1.25. The van der Waals surface area contributed by atoms with Crippen LogP contribution in [0.1, 0.15) is 53.9 Å². The highest BCUT2D eigenvalue weighted by Crippen LogP contribution is 2.37. The highest BCUT2D eigenvalue weighted by Gasteiger charge is 2.59. The van der Waals surface area contributed by atoms with Gasteiger partial charge in [0.05, 0.1) is 26.2 Å². The van der Waals surface area contributed by atoms with Crippen LogP contribution in [0.15, 0.2) is 12.7 Å². The fourth-order valence-electron chi connectivity index (χ4n) is 4.01. The van der Waals surface area contributed by atoms with Crippen LogP contribution < -0.4 is 5.32 Å². The molecule has 220 valence electrons. The third-order valence-electron chi connectivity index (χ3n) is 5.38. The largest absolute Gasteiger partial charge is 0.465 e. The van der Waals surface area contributed by atoms with Crippen molar-refractivity contribution < 1.29 is 61.9 Å². The van der Waals surface area contributed by atoms with Crippen molar-refractivity contribution in [3.05, 3.63) is 12.7 Å². The Balaban J connectivity index is 3.77. The average Bonchev–Trinajstić information content (AvgIpc) is 2.83. The second-order valence-electron chi connectivity index (χ2n) is 8.71. The number of unbranched alkanes of at least 4 members (excludes halogenated alkanes) is 1. The van der Waals surface area contributed by atoms with E-state index in [1.165, 1.54) is 6.92 Å². The van der Waals surface area contributed by atoms with Gasteiger partial charge in [-0.3, -0.25) is 24.0 Å². The molecule has 1 amide bonds. The lowest BCUT2D eigenvalue weighted by Gasteiger charge is -2.48. The summed E-state index contributed by atoms with van der Waals surface area (Å²) in [6.07, 6.45) is -3.69. The van der Waals surface area contributed by atoms with E-state index in [-0.39, 0.29) is 6.61 Å². The third kappa shape index (κ3) is 10.6. The van der Waals surface area contributed by atoms with Gasteiger partial charge in [-0.1, -0.05) is 6.08 Å². The molecule has 0 spiro atoms. The van der Waals surface area contributed by atoms with Gasteiger partial charge >= 0.3 is 29.8 Å². The van der Waals surface area contributed by atoms with E-state index in [0.29, 0.717) is 12.8 Å². The third-order valence-corrected chi connectivity index (χ3v) is 5.38. The summed E-state index contributed by atoms with van der Waals surface area (Å²) >= 11 is 0. The Morgan fingerprint density at radius 3 is 2.13 bits per heavy atom. The zero-order valence-electron chi connectivity index (χ0n) is 23.0. The second-order valence-corrected chi connectivity index (χ2v) is 8.71. The summed E-state index contributed by atoms with van der Waals surface area (Å²) < 4.78 is 38.1. The molecule has 0 aromatic carbocycles. The number of nitrogens with one attached hydrogen (secondary N) is 1. The lowest BCUT2D eigenvalue weighted by atomic mass is 9.88. The van der Waals surface area contributed by atoms with Crippen LogP contribution >= 0.6 is 0 Å². The molecule has 6 atom stereocenters. The molecule has 0 radical (unpaired) electrons.